The number of carbonyl (C=O) groups is 2. The average molecular weight is 291 g/mol. The molecule has 0 spiro atoms. The third-order valence-electron chi connectivity index (χ3n) is 5.09. The number of imidazole rings is 1. The summed E-state index contributed by atoms with van der Waals surface area (Å²) < 4.78 is 2.03. The molecule has 21 heavy (non-hydrogen) atoms. The molecule has 2 N–H and O–H groups in total. The fraction of sp³-hybridized carbons (Fsp3) is 0.667. The Bertz CT molecular complexity index is 553. The summed E-state index contributed by atoms with van der Waals surface area (Å²) in [7, 11) is 0. The van der Waals surface area contributed by atoms with Crippen LogP contribution in [0.1, 0.15) is 39.2 Å². The zero-order chi connectivity index (χ0) is 15.2. The van der Waals surface area contributed by atoms with E-state index in [0.29, 0.717) is 0 Å². The fourth-order valence-corrected chi connectivity index (χ4v) is 3.79. The minimum Gasteiger partial charge on any atom is -0.481 e. The van der Waals surface area contributed by atoms with Crippen molar-refractivity contribution in [1.82, 2.24) is 14.9 Å². The van der Waals surface area contributed by atoms with Crippen LogP contribution in [0.25, 0.3) is 0 Å². The minimum atomic E-state index is -0.877. The van der Waals surface area contributed by atoms with E-state index in [1.165, 1.54) is 0 Å². The van der Waals surface area contributed by atoms with Gasteiger partial charge < -0.3 is 15.0 Å². The molecule has 2 saturated carbocycles. The van der Waals surface area contributed by atoms with Gasteiger partial charge in [0.05, 0.1) is 24.2 Å². The number of aromatic nitrogens is 2. The van der Waals surface area contributed by atoms with E-state index in [9.17, 15) is 14.7 Å². The molecule has 0 aliphatic heterocycles. The summed E-state index contributed by atoms with van der Waals surface area (Å²) in [5.74, 6) is -1.98. The van der Waals surface area contributed by atoms with Gasteiger partial charge in [-0.3, -0.25) is 9.59 Å². The number of carbonyl (C=O) groups excluding carboxylic acids is 1. The molecule has 3 rings (SSSR count). The van der Waals surface area contributed by atoms with Crippen LogP contribution in [0.3, 0.4) is 0 Å². The summed E-state index contributed by atoms with van der Waals surface area (Å²) in [5, 5.41) is 12.2. The van der Waals surface area contributed by atoms with Gasteiger partial charge in [0.15, 0.2) is 0 Å². The molecule has 114 valence electrons. The van der Waals surface area contributed by atoms with Crippen LogP contribution < -0.4 is 5.32 Å². The molecule has 6 heteroatoms. The molecule has 0 aromatic carbocycles. The molecule has 0 bridgehead atoms. The Morgan fingerprint density at radius 2 is 2.10 bits per heavy atom. The molecule has 1 aromatic rings. The van der Waals surface area contributed by atoms with E-state index in [-0.39, 0.29) is 18.0 Å². The normalized spacial score (nSPS) is 33.6. The summed E-state index contributed by atoms with van der Waals surface area (Å²) in [4.78, 5) is 27.7. The van der Waals surface area contributed by atoms with Crippen LogP contribution in [-0.2, 0) is 9.59 Å². The van der Waals surface area contributed by atoms with E-state index in [4.69, 9.17) is 0 Å². The summed E-state index contributed by atoms with van der Waals surface area (Å²) in [6.07, 6.45) is 8.43. The fourth-order valence-electron chi connectivity index (χ4n) is 3.79. The molecular formula is C15H21N3O3. The Labute approximate surface area is 123 Å². The first-order chi connectivity index (χ1) is 9.93. The van der Waals surface area contributed by atoms with Gasteiger partial charge >= 0.3 is 5.97 Å². The third kappa shape index (κ3) is 2.32. The minimum absolute atomic E-state index is 0.0672. The van der Waals surface area contributed by atoms with Crippen LogP contribution in [-0.4, -0.2) is 32.6 Å². The van der Waals surface area contributed by atoms with Crippen LogP contribution in [0, 0.1) is 17.3 Å². The number of carboxylic acid groups (broad SMARTS) is 1. The highest BCUT2D eigenvalue weighted by atomic mass is 16.4. The molecule has 2 fully saturated rings. The van der Waals surface area contributed by atoms with Crippen LogP contribution >= 0.6 is 0 Å². The molecular weight excluding hydrogens is 270 g/mol. The molecule has 6 nitrogen and oxygen atoms in total. The maximum absolute atomic E-state index is 12.4. The zero-order valence-corrected chi connectivity index (χ0v) is 12.3. The molecule has 2 unspecified atom stereocenters. The predicted molar refractivity (Wildman–Crippen MR) is 75.4 cm³/mol. The number of aliphatic carboxylic acids is 1. The van der Waals surface area contributed by atoms with Gasteiger partial charge in [0.25, 0.3) is 0 Å². The highest BCUT2D eigenvalue weighted by Crippen LogP contribution is 2.58. The first-order valence-corrected chi connectivity index (χ1v) is 7.43. The second kappa shape index (κ2) is 4.86. The summed E-state index contributed by atoms with van der Waals surface area (Å²) >= 11 is 0. The first-order valence-electron chi connectivity index (χ1n) is 7.43. The molecule has 0 saturated heterocycles. The van der Waals surface area contributed by atoms with Gasteiger partial charge in [-0.15, -0.1) is 0 Å². The van der Waals surface area contributed by atoms with Gasteiger partial charge in [-0.05, 0) is 24.7 Å². The Hall–Kier alpha value is -1.85. The maximum atomic E-state index is 12.4. The number of hydrogen-bond acceptors (Lipinski definition) is 3. The largest absolute Gasteiger partial charge is 0.481 e. The first kappa shape index (κ1) is 14.1. The predicted octanol–water partition coefficient (Wildman–Crippen LogP) is 1.45. The smallest absolute Gasteiger partial charge is 0.307 e. The Morgan fingerprint density at radius 1 is 1.33 bits per heavy atom. The number of hydrogen-bond donors (Lipinski definition) is 2. The monoisotopic (exact) mass is 291 g/mol. The van der Waals surface area contributed by atoms with E-state index < -0.39 is 23.2 Å². The number of rotatable bonds is 4. The van der Waals surface area contributed by atoms with Crippen molar-refractivity contribution in [2.75, 3.05) is 0 Å². The summed E-state index contributed by atoms with van der Waals surface area (Å²) in [6.45, 7) is 3.69. The van der Waals surface area contributed by atoms with Gasteiger partial charge in [-0.25, -0.2) is 4.98 Å². The maximum Gasteiger partial charge on any atom is 0.307 e. The van der Waals surface area contributed by atoms with Gasteiger partial charge in [0.1, 0.15) is 0 Å². The molecule has 4 atom stereocenters. The molecule has 2 aliphatic rings. The Kier molecular flexibility index (Phi) is 3.26. The van der Waals surface area contributed by atoms with E-state index in [0.717, 1.165) is 19.3 Å². The molecule has 0 radical (unpaired) electrons. The van der Waals surface area contributed by atoms with Crippen LogP contribution in [0.4, 0.5) is 0 Å². The topological polar surface area (TPSA) is 84.2 Å². The van der Waals surface area contributed by atoms with Gasteiger partial charge in [-0.1, -0.05) is 13.8 Å². The standard InChI is InChI=1S/C15H21N3O3/c1-15(2)11(12(15)14(20)21)13(19)17-9-4-3-5-10(9)18-7-6-16-8-18/h6-12H,3-5H2,1-2H3,(H,17,19)(H,20,21)/t9?,10?,11-,12+/m1/s1. The zero-order valence-electron chi connectivity index (χ0n) is 12.3. The lowest BCUT2D eigenvalue weighted by Gasteiger charge is -2.22. The van der Waals surface area contributed by atoms with Gasteiger partial charge in [0, 0.05) is 18.4 Å². The number of amides is 1. The van der Waals surface area contributed by atoms with Crippen LogP contribution in [0.5, 0.6) is 0 Å². The van der Waals surface area contributed by atoms with Crippen molar-refractivity contribution in [3.63, 3.8) is 0 Å². The van der Waals surface area contributed by atoms with E-state index in [1.54, 1.807) is 12.5 Å². The highest BCUT2D eigenvalue weighted by molar-refractivity contribution is 5.91. The SMILES string of the molecule is CC1(C)[C@H](C(=O)O)[C@@H]1C(=O)NC1CCCC1n1ccnc1. The van der Waals surface area contributed by atoms with Crippen LogP contribution in [0.2, 0.25) is 0 Å². The number of nitrogens with one attached hydrogen (secondary N) is 1. The summed E-state index contributed by atoms with van der Waals surface area (Å²) in [5.41, 5.74) is -0.445. The summed E-state index contributed by atoms with van der Waals surface area (Å²) in [6, 6.07) is 0.291. The second-order valence-electron chi connectivity index (χ2n) is 6.74. The quantitative estimate of drug-likeness (QED) is 0.879. The molecule has 1 aromatic heterocycles. The molecule has 1 amide bonds. The van der Waals surface area contributed by atoms with E-state index >= 15 is 0 Å². The van der Waals surface area contributed by atoms with Crippen molar-refractivity contribution in [2.45, 2.75) is 45.2 Å². The lowest BCUT2D eigenvalue weighted by Crippen LogP contribution is -2.39. The molecule has 2 aliphatic carbocycles. The van der Waals surface area contributed by atoms with Crippen molar-refractivity contribution in [3.8, 4) is 0 Å². The van der Waals surface area contributed by atoms with E-state index in [1.807, 2.05) is 24.6 Å². The average Bonchev–Trinajstić information content (AvgIpc) is 2.85. The third-order valence-corrected chi connectivity index (χ3v) is 5.09. The molecule has 1 heterocycles. The Balaban J connectivity index is 1.67. The number of carboxylic acids is 1. The van der Waals surface area contributed by atoms with Gasteiger partial charge in [-0.2, -0.15) is 0 Å². The van der Waals surface area contributed by atoms with Gasteiger partial charge in [0.2, 0.25) is 5.91 Å². The van der Waals surface area contributed by atoms with Crippen molar-refractivity contribution in [3.05, 3.63) is 18.7 Å². The highest BCUT2D eigenvalue weighted by Gasteiger charge is 2.66. The van der Waals surface area contributed by atoms with Crippen LogP contribution in [0.15, 0.2) is 18.7 Å². The van der Waals surface area contributed by atoms with E-state index in [2.05, 4.69) is 10.3 Å². The van der Waals surface area contributed by atoms with Crippen molar-refractivity contribution in [1.29, 1.82) is 0 Å². The second-order valence-corrected chi connectivity index (χ2v) is 6.74. The lowest BCUT2D eigenvalue weighted by molar-refractivity contribution is -0.140. The Morgan fingerprint density at radius 3 is 2.67 bits per heavy atom. The van der Waals surface area contributed by atoms with Crippen molar-refractivity contribution < 1.29 is 14.7 Å². The van der Waals surface area contributed by atoms with Crippen molar-refractivity contribution in [2.24, 2.45) is 17.3 Å². The number of nitrogens with zero attached hydrogens (tertiary/aromatic N) is 2. The lowest BCUT2D eigenvalue weighted by atomic mass is 10.1. The van der Waals surface area contributed by atoms with Crippen molar-refractivity contribution >= 4 is 11.9 Å².